The van der Waals surface area contributed by atoms with E-state index in [9.17, 15) is 4.79 Å². The monoisotopic (exact) mass is 344 g/mol. The van der Waals surface area contributed by atoms with Crippen LogP contribution in [0.4, 0.5) is 0 Å². The van der Waals surface area contributed by atoms with Crippen molar-refractivity contribution in [1.82, 2.24) is 9.88 Å². The number of rotatable bonds is 4. The summed E-state index contributed by atoms with van der Waals surface area (Å²) in [6.45, 7) is 1.76. The van der Waals surface area contributed by atoms with E-state index in [0.717, 1.165) is 24.0 Å². The molecule has 2 aromatic rings. The van der Waals surface area contributed by atoms with E-state index in [2.05, 4.69) is 4.98 Å². The molecule has 6 heteroatoms. The van der Waals surface area contributed by atoms with Gasteiger partial charge < -0.3 is 14.4 Å². The molecule has 1 aliphatic carbocycles. The summed E-state index contributed by atoms with van der Waals surface area (Å²) in [6, 6.07) is 5.93. The van der Waals surface area contributed by atoms with Crippen molar-refractivity contribution < 1.29 is 14.3 Å². The van der Waals surface area contributed by atoms with Gasteiger partial charge >= 0.3 is 0 Å². The van der Waals surface area contributed by atoms with E-state index in [-0.39, 0.29) is 24.2 Å². The number of carbonyl (C=O) groups is 1. The minimum atomic E-state index is -0.0296. The minimum Gasteiger partial charge on any atom is -0.372 e. The Hall–Kier alpha value is -1.76. The van der Waals surface area contributed by atoms with Crippen LogP contribution in [0.15, 0.2) is 41.4 Å². The zero-order valence-corrected chi connectivity index (χ0v) is 14.2. The third-order valence-corrected chi connectivity index (χ3v) is 5.43. The molecular formula is C18H20N2O3S. The van der Waals surface area contributed by atoms with E-state index >= 15 is 0 Å². The number of amides is 1. The summed E-state index contributed by atoms with van der Waals surface area (Å²) in [5.41, 5.74) is 1.84. The number of thiophene rings is 1. The summed E-state index contributed by atoms with van der Waals surface area (Å²) in [6.07, 6.45) is 5.43. The first-order valence-corrected chi connectivity index (χ1v) is 9.22. The number of nitrogens with zero attached hydrogens (tertiary/aromatic N) is 2. The second-order valence-electron chi connectivity index (χ2n) is 6.20. The van der Waals surface area contributed by atoms with Crippen LogP contribution in [-0.2, 0) is 16.1 Å². The Balaban J connectivity index is 1.42. The first kappa shape index (κ1) is 15.7. The van der Waals surface area contributed by atoms with Gasteiger partial charge in [0.15, 0.2) is 0 Å². The van der Waals surface area contributed by atoms with Crippen molar-refractivity contribution in [2.75, 3.05) is 13.2 Å². The van der Waals surface area contributed by atoms with E-state index in [0.29, 0.717) is 19.8 Å². The molecule has 1 saturated heterocycles. The van der Waals surface area contributed by atoms with Crippen LogP contribution in [0.2, 0.25) is 0 Å². The highest BCUT2D eigenvalue weighted by Gasteiger charge is 2.45. The van der Waals surface area contributed by atoms with E-state index in [1.54, 1.807) is 17.5 Å². The third kappa shape index (κ3) is 3.09. The summed E-state index contributed by atoms with van der Waals surface area (Å²) in [5.74, 6) is 0.113. The first-order chi connectivity index (χ1) is 11.8. The number of pyridine rings is 1. The lowest BCUT2D eigenvalue weighted by atomic mass is 10.1. The third-order valence-electron chi connectivity index (χ3n) is 4.75. The molecule has 24 heavy (non-hydrogen) atoms. The number of hydrogen-bond acceptors (Lipinski definition) is 5. The molecule has 5 nitrogen and oxygen atoms in total. The van der Waals surface area contributed by atoms with Gasteiger partial charge in [0.25, 0.3) is 5.91 Å². The van der Waals surface area contributed by atoms with E-state index in [4.69, 9.17) is 9.47 Å². The van der Waals surface area contributed by atoms with Crippen LogP contribution in [0, 0.1) is 0 Å². The highest BCUT2D eigenvalue weighted by Crippen LogP contribution is 2.33. The van der Waals surface area contributed by atoms with Crippen molar-refractivity contribution in [2.24, 2.45) is 0 Å². The van der Waals surface area contributed by atoms with Crippen molar-refractivity contribution in [1.29, 1.82) is 0 Å². The standard InChI is InChI=1S/C18H20N2O3S/c21-18(14-5-9-24-12-14)20-7-8-22-17-15(20)3-4-16(17)23-11-13-2-1-6-19-10-13/h1-2,5-6,9-10,12,15-17H,3-4,7-8,11H2/t15-,16-,17-/m1/s1. The Labute approximate surface area is 145 Å². The normalized spacial score (nSPS) is 26.3. The maximum Gasteiger partial charge on any atom is 0.255 e. The van der Waals surface area contributed by atoms with Crippen molar-refractivity contribution in [3.8, 4) is 0 Å². The van der Waals surface area contributed by atoms with Crippen molar-refractivity contribution >= 4 is 17.2 Å². The molecule has 0 bridgehead atoms. The second kappa shape index (κ2) is 7.01. The van der Waals surface area contributed by atoms with Gasteiger partial charge in [-0.2, -0.15) is 11.3 Å². The smallest absolute Gasteiger partial charge is 0.255 e. The molecule has 1 amide bonds. The Morgan fingerprint density at radius 3 is 3.17 bits per heavy atom. The highest BCUT2D eigenvalue weighted by molar-refractivity contribution is 7.08. The summed E-state index contributed by atoms with van der Waals surface area (Å²) in [5, 5.41) is 3.86. The van der Waals surface area contributed by atoms with Gasteiger partial charge in [0.1, 0.15) is 6.10 Å². The number of morpholine rings is 1. The van der Waals surface area contributed by atoms with E-state index < -0.39 is 0 Å². The lowest BCUT2D eigenvalue weighted by Crippen LogP contribution is -2.53. The molecule has 0 aromatic carbocycles. The summed E-state index contributed by atoms with van der Waals surface area (Å²) in [4.78, 5) is 18.8. The van der Waals surface area contributed by atoms with Crippen LogP contribution >= 0.6 is 11.3 Å². The summed E-state index contributed by atoms with van der Waals surface area (Å²) >= 11 is 1.55. The number of carbonyl (C=O) groups excluding carboxylic acids is 1. The number of aromatic nitrogens is 1. The Morgan fingerprint density at radius 1 is 1.42 bits per heavy atom. The number of fused-ring (bicyclic) bond motifs is 1. The van der Waals surface area contributed by atoms with Gasteiger partial charge in [0, 0.05) is 24.3 Å². The second-order valence-corrected chi connectivity index (χ2v) is 6.98. The summed E-state index contributed by atoms with van der Waals surface area (Å²) < 4.78 is 12.0. The average Bonchev–Trinajstić information content (AvgIpc) is 3.30. The fourth-order valence-electron chi connectivity index (χ4n) is 3.58. The van der Waals surface area contributed by atoms with Gasteiger partial charge in [-0.1, -0.05) is 6.07 Å². The highest BCUT2D eigenvalue weighted by atomic mass is 32.1. The quantitative estimate of drug-likeness (QED) is 0.856. The predicted octanol–water partition coefficient (Wildman–Crippen LogP) is 2.73. The Kier molecular flexibility index (Phi) is 4.60. The molecule has 4 rings (SSSR count). The molecule has 0 N–H and O–H groups in total. The van der Waals surface area contributed by atoms with Gasteiger partial charge in [-0.3, -0.25) is 9.78 Å². The molecule has 2 aliphatic rings. The minimum absolute atomic E-state index is 0.0296. The van der Waals surface area contributed by atoms with Crippen LogP contribution in [0.5, 0.6) is 0 Å². The lowest BCUT2D eigenvalue weighted by Gasteiger charge is -2.39. The van der Waals surface area contributed by atoms with Gasteiger partial charge in [-0.05, 0) is 35.9 Å². The van der Waals surface area contributed by atoms with Crippen molar-refractivity contribution in [3.05, 3.63) is 52.5 Å². The maximum absolute atomic E-state index is 12.7. The average molecular weight is 344 g/mol. The van der Waals surface area contributed by atoms with Crippen molar-refractivity contribution in [3.63, 3.8) is 0 Å². The fourth-order valence-corrected chi connectivity index (χ4v) is 4.21. The molecule has 2 aromatic heterocycles. The molecular weight excluding hydrogens is 324 g/mol. The molecule has 3 atom stereocenters. The SMILES string of the molecule is O=C(c1ccsc1)N1CCO[C@@H]2[C@H]1CC[C@H]2OCc1cccnc1. The van der Waals surface area contributed by atoms with E-state index in [1.807, 2.05) is 40.1 Å². The molecule has 3 heterocycles. The Bertz CT molecular complexity index is 677. The van der Waals surface area contributed by atoms with Crippen LogP contribution < -0.4 is 0 Å². The molecule has 126 valence electrons. The topological polar surface area (TPSA) is 51.7 Å². The Morgan fingerprint density at radius 2 is 2.38 bits per heavy atom. The van der Waals surface area contributed by atoms with Crippen LogP contribution in [-0.4, -0.2) is 47.2 Å². The predicted molar refractivity (Wildman–Crippen MR) is 90.9 cm³/mol. The van der Waals surface area contributed by atoms with Gasteiger partial charge in [0.2, 0.25) is 0 Å². The molecule has 0 unspecified atom stereocenters. The van der Waals surface area contributed by atoms with Crippen LogP contribution in [0.3, 0.4) is 0 Å². The van der Waals surface area contributed by atoms with Gasteiger partial charge in [0.05, 0.1) is 30.9 Å². The van der Waals surface area contributed by atoms with Crippen LogP contribution in [0.25, 0.3) is 0 Å². The molecule has 0 radical (unpaired) electrons. The van der Waals surface area contributed by atoms with Crippen molar-refractivity contribution in [2.45, 2.75) is 37.7 Å². The molecule has 2 fully saturated rings. The fraction of sp³-hybridized carbons (Fsp3) is 0.444. The maximum atomic E-state index is 12.7. The first-order valence-electron chi connectivity index (χ1n) is 8.28. The molecule has 0 spiro atoms. The number of ether oxygens (including phenoxy) is 2. The summed E-state index contributed by atoms with van der Waals surface area (Å²) in [7, 11) is 0. The lowest BCUT2D eigenvalue weighted by molar-refractivity contribution is -0.108. The van der Waals surface area contributed by atoms with E-state index in [1.165, 1.54) is 0 Å². The molecule has 1 saturated carbocycles. The van der Waals surface area contributed by atoms with Gasteiger partial charge in [-0.25, -0.2) is 0 Å². The molecule has 1 aliphatic heterocycles. The van der Waals surface area contributed by atoms with Crippen LogP contribution in [0.1, 0.15) is 28.8 Å². The number of hydrogen-bond donors (Lipinski definition) is 0. The van der Waals surface area contributed by atoms with Gasteiger partial charge in [-0.15, -0.1) is 0 Å². The zero-order valence-electron chi connectivity index (χ0n) is 13.3. The largest absolute Gasteiger partial charge is 0.372 e. The zero-order chi connectivity index (χ0) is 16.4.